The molecule has 1 aliphatic carbocycles. The van der Waals surface area contributed by atoms with Crippen LogP contribution in [0.3, 0.4) is 0 Å². The molecule has 0 radical (unpaired) electrons. The van der Waals surface area contributed by atoms with Gasteiger partial charge >= 0.3 is 0 Å². The highest BCUT2D eigenvalue weighted by Crippen LogP contribution is 2.72. The van der Waals surface area contributed by atoms with Gasteiger partial charge in [-0.25, -0.2) is 4.39 Å². The van der Waals surface area contributed by atoms with E-state index < -0.39 is 0 Å². The Labute approximate surface area is 116 Å². The van der Waals surface area contributed by atoms with Crippen molar-refractivity contribution in [1.82, 2.24) is 5.32 Å². The lowest BCUT2D eigenvalue weighted by atomic mass is 9.95. The highest BCUT2D eigenvalue weighted by molar-refractivity contribution is 5.30. The Bertz CT molecular complexity index is 462. The van der Waals surface area contributed by atoms with E-state index in [1.54, 1.807) is 6.07 Å². The maximum absolute atomic E-state index is 13.8. The minimum atomic E-state index is -0.100. The van der Waals surface area contributed by atoms with E-state index >= 15 is 0 Å². The molecule has 0 bridgehead atoms. The van der Waals surface area contributed by atoms with E-state index in [9.17, 15) is 4.39 Å². The van der Waals surface area contributed by atoms with Crippen LogP contribution in [0.25, 0.3) is 0 Å². The van der Waals surface area contributed by atoms with Crippen molar-refractivity contribution < 1.29 is 4.39 Å². The Morgan fingerprint density at radius 1 is 1.21 bits per heavy atom. The number of halogens is 1. The van der Waals surface area contributed by atoms with E-state index in [0.717, 1.165) is 12.1 Å². The van der Waals surface area contributed by atoms with E-state index in [-0.39, 0.29) is 11.9 Å². The third-order valence-corrected chi connectivity index (χ3v) is 5.44. The maximum Gasteiger partial charge on any atom is 0.126 e. The van der Waals surface area contributed by atoms with E-state index in [0.29, 0.717) is 22.3 Å². The summed E-state index contributed by atoms with van der Waals surface area (Å²) in [6, 6.07) is 5.89. The predicted octanol–water partition coefficient (Wildman–Crippen LogP) is 4.47. The highest BCUT2D eigenvalue weighted by atomic mass is 19.1. The minimum Gasteiger partial charge on any atom is -0.310 e. The van der Waals surface area contributed by atoms with Crippen LogP contribution in [0.1, 0.15) is 51.8 Å². The van der Waals surface area contributed by atoms with Crippen molar-refractivity contribution in [3.63, 3.8) is 0 Å². The number of benzene rings is 1. The monoisotopic (exact) mass is 263 g/mol. The van der Waals surface area contributed by atoms with Crippen molar-refractivity contribution in [2.24, 2.45) is 16.7 Å². The molecular weight excluding hydrogens is 237 g/mol. The molecule has 1 atom stereocenters. The summed E-state index contributed by atoms with van der Waals surface area (Å²) in [6.45, 7) is 14.1. The zero-order valence-corrected chi connectivity index (χ0v) is 13.0. The third-order valence-electron chi connectivity index (χ3n) is 5.44. The molecule has 1 saturated carbocycles. The van der Waals surface area contributed by atoms with Gasteiger partial charge in [0.25, 0.3) is 0 Å². The van der Waals surface area contributed by atoms with E-state index in [4.69, 9.17) is 0 Å². The van der Waals surface area contributed by atoms with Crippen LogP contribution in [0, 0.1) is 29.5 Å². The first-order valence-electron chi connectivity index (χ1n) is 7.23. The Morgan fingerprint density at radius 3 is 2.21 bits per heavy atom. The largest absolute Gasteiger partial charge is 0.310 e. The maximum atomic E-state index is 13.8. The summed E-state index contributed by atoms with van der Waals surface area (Å²) in [5.74, 6) is 0.443. The third kappa shape index (κ3) is 2.20. The van der Waals surface area contributed by atoms with Crippen LogP contribution >= 0.6 is 0 Å². The summed E-state index contributed by atoms with van der Waals surface area (Å²) in [6.07, 6.45) is 0. The zero-order chi connectivity index (χ0) is 14.4. The van der Waals surface area contributed by atoms with E-state index in [1.807, 2.05) is 13.0 Å². The molecular formula is C17H26FN. The summed E-state index contributed by atoms with van der Waals surface area (Å²) in [7, 11) is 0. The van der Waals surface area contributed by atoms with Gasteiger partial charge < -0.3 is 5.32 Å². The first-order valence-corrected chi connectivity index (χ1v) is 7.23. The normalized spacial score (nSPS) is 22.3. The van der Waals surface area contributed by atoms with Gasteiger partial charge in [-0.2, -0.15) is 0 Å². The molecule has 2 heteroatoms. The second kappa shape index (κ2) is 4.59. The van der Waals surface area contributed by atoms with Gasteiger partial charge in [0.1, 0.15) is 5.82 Å². The Hall–Kier alpha value is -0.890. The molecule has 1 aromatic rings. The Morgan fingerprint density at radius 2 is 1.79 bits per heavy atom. The number of aryl methyl sites for hydroxylation is 1. The number of hydrogen-bond acceptors (Lipinski definition) is 1. The molecule has 0 saturated heterocycles. The van der Waals surface area contributed by atoms with Crippen LogP contribution in [-0.4, -0.2) is 6.54 Å². The summed E-state index contributed by atoms with van der Waals surface area (Å²) < 4.78 is 13.8. The van der Waals surface area contributed by atoms with Crippen molar-refractivity contribution in [2.75, 3.05) is 6.54 Å². The standard InChI is InChI=1S/C17H26FN/c1-7-19-14(15-16(3,4)17(15,5)6)12-9-8-11(2)13(18)10-12/h8-10,14-15,19H,7H2,1-6H3. The predicted molar refractivity (Wildman–Crippen MR) is 78.6 cm³/mol. The molecule has 0 spiro atoms. The number of nitrogens with one attached hydrogen (secondary N) is 1. The van der Waals surface area contributed by atoms with Crippen molar-refractivity contribution >= 4 is 0 Å². The van der Waals surface area contributed by atoms with Crippen LogP contribution in [0.2, 0.25) is 0 Å². The average molecular weight is 263 g/mol. The molecule has 0 aliphatic heterocycles. The van der Waals surface area contributed by atoms with Gasteiger partial charge in [0.2, 0.25) is 0 Å². The van der Waals surface area contributed by atoms with Crippen LogP contribution < -0.4 is 5.32 Å². The molecule has 19 heavy (non-hydrogen) atoms. The molecule has 2 rings (SSSR count). The first-order chi connectivity index (χ1) is 8.73. The van der Waals surface area contributed by atoms with Gasteiger partial charge in [0.05, 0.1) is 0 Å². The van der Waals surface area contributed by atoms with Crippen LogP contribution in [-0.2, 0) is 0 Å². The lowest BCUT2D eigenvalue weighted by Crippen LogP contribution is -2.25. The van der Waals surface area contributed by atoms with Crippen molar-refractivity contribution in [1.29, 1.82) is 0 Å². The Balaban J connectivity index is 2.34. The zero-order valence-electron chi connectivity index (χ0n) is 13.0. The fourth-order valence-corrected chi connectivity index (χ4v) is 3.53. The van der Waals surface area contributed by atoms with Gasteiger partial charge in [-0.05, 0) is 47.4 Å². The topological polar surface area (TPSA) is 12.0 Å². The van der Waals surface area contributed by atoms with Crippen LogP contribution in [0.5, 0.6) is 0 Å². The lowest BCUT2D eigenvalue weighted by molar-refractivity contribution is 0.416. The molecule has 1 fully saturated rings. The van der Waals surface area contributed by atoms with Gasteiger partial charge in [0.15, 0.2) is 0 Å². The molecule has 0 amide bonds. The number of rotatable bonds is 4. The van der Waals surface area contributed by atoms with Gasteiger partial charge in [-0.1, -0.05) is 46.8 Å². The molecule has 1 aromatic carbocycles. The van der Waals surface area contributed by atoms with Crippen LogP contribution in [0.4, 0.5) is 4.39 Å². The summed E-state index contributed by atoms with van der Waals surface area (Å²) in [4.78, 5) is 0. The summed E-state index contributed by atoms with van der Waals surface area (Å²) >= 11 is 0. The summed E-state index contributed by atoms with van der Waals surface area (Å²) in [5.41, 5.74) is 2.38. The SMILES string of the molecule is CCNC(c1ccc(C)c(F)c1)C1C(C)(C)C1(C)C. The van der Waals surface area contributed by atoms with E-state index in [1.165, 1.54) is 0 Å². The molecule has 1 aliphatic rings. The number of hydrogen-bond donors (Lipinski definition) is 1. The quantitative estimate of drug-likeness (QED) is 0.845. The molecule has 0 heterocycles. The van der Waals surface area contributed by atoms with Crippen molar-refractivity contribution in [2.45, 2.75) is 47.6 Å². The van der Waals surface area contributed by atoms with Gasteiger partial charge in [0, 0.05) is 6.04 Å². The molecule has 1 unspecified atom stereocenters. The fourth-order valence-electron chi connectivity index (χ4n) is 3.53. The van der Waals surface area contributed by atoms with Gasteiger partial charge in [-0.3, -0.25) is 0 Å². The van der Waals surface area contributed by atoms with E-state index in [2.05, 4.69) is 46.0 Å². The minimum absolute atomic E-state index is 0.100. The lowest BCUT2D eigenvalue weighted by Gasteiger charge is -2.21. The highest BCUT2D eigenvalue weighted by Gasteiger charge is 2.67. The van der Waals surface area contributed by atoms with Crippen LogP contribution in [0.15, 0.2) is 18.2 Å². The fraction of sp³-hybridized carbons (Fsp3) is 0.647. The van der Waals surface area contributed by atoms with Crippen molar-refractivity contribution in [3.05, 3.63) is 35.1 Å². The second-order valence-electron chi connectivity index (χ2n) is 6.97. The second-order valence-corrected chi connectivity index (χ2v) is 6.97. The average Bonchev–Trinajstić information content (AvgIpc) is 2.71. The summed E-state index contributed by atoms with van der Waals surface area (Å²) in [5, 5.41) is 3.55. The molecule has 0 aromatic heterocycles. The Kier molecular flexibility index (Phi) is 3.51. The molecule has 1 N–H and O–H groups in total. The molecule has 1 nitrogen and oxygen atoms in total. The van der Waals surface area contributed by atoms with Gasteiger partial charge in [-0.15, -0.1) is 0 Å². The smallest absolute Gasteiger partial charge is 0.126 e. The first kappa shape index (κ1) is 14.5. The molecule has 106 valence electrons. The van der Waals surface area contributed by atoms with Crippen molar-refractivity contribution in [3.8, 4) is 0 Å².